The number of nitrogens with zero attached hydrogens (tertiary/aromatic N) is 8. The molecule has 14 heteroatoms. The van der Waals surface area contributed by atoms with Crippen LogP contribution in [0, 0.1) is 11.6 Å². The first kappa shape index (κ1) is 33.9. The Morgan fingerprint density at radius 3 is 2.16 bits per heavy atom. The number of benzene rings is 3. The third-order valence-corrected chi connectivity index (χ3v) is 10.6. The fourth-order valence-electron chi connectivity index (χ4n) is 6.65. The van der Waals surface area contributed by atoms with Crippen molar-refractivity contribution in [1.29, 1.82) is 0 Å². The van der Waals surface area contributed by atoms with Gasteiger partial charge >= 0.3 is 5.69 Å². The van der Waals surface area contributed by atoms with Gasteiger partial charge in [0.15, 0.2) is 0 Å². The lowest BCUT2D eigenvalue weighted by molar-refractivity contribution is -0.188. The van der Waals surface area contributed by atoms with Crippen LogP contribution in [-0.2, 0) is 21.8 Å². The number of thioether (sulfide) groups is 1. The third kappa shape index (κ3) is 7.05. The SMILES string of the molecule is CCC(CC)n1ncn(-c2ccc(N3CCN(c4ccc(SCC5COC(Cn6cncn6)(c6ccc(F)cc6F)O5)cc4)CC3)cc2)c1=O. The van der Waals surface area contributed by atoms with Gasteiger partial charge in [-0.2, -0.15) is 10.2 Å². The molecule has 0 saturated carbocycles. The number of rotatable bonds is 12. The first-order valence-electron chi connectivity index (χ1n) is 16.9. The van der Waals surface area contributed by atoms with E-state index >= 15 is 0 Å². The Balaban J connectivity index is 0.924. The lowest BCUT2D eigenvalue weighted by atomic mass is 10.0. The highest BCUT2D eigenvalue weighted by Gasteiger charge is 2.46. The molecule has 0 N–H and O–H groups in total. The van der Waals surface area contributed by atoms with Gasteiger partial charge in [0, 0.05) is 59.8 Å². The molecule has 0 spiro atoms. The molecule has 50 heavy (non-hydrogen) atoms. The van der Waals surface area contributed by atoms with Crippen LogP contribution in [0.1, 0.15) is 38.3 Å². The summed E-state index contributed by atoms with van der Waals surface area (Å²) < 4.78 is 45.8. The van der Waals surface area contributed by atoms with Crippen molar-refractivity contribution in [3.05, 3.63) is 113 Å². The first-order chi connectivity index (χ1) is 24.4. The van der Waals surface area contributed by atoms with Gasteiger partial charge in [-0.05, 0) is 73.5 Å². The molecule has 2 saturated heterocycles. The Labute approximate surface area is 293 Å². The van der Waals surface area contributed by atoms with Gasteiger partial charge in [-0.1, -0.05) is 13.8 Å². The molecule has 3 aromatic carbocycles. The molecule has 0 radical (unpaired) electrons. The van der Waals surface area contributed by atoms with E-state index in [0.29, 0.717) is 5.75 Å². The quantitative estimate of drug-likeness (QED) is 0.153. The maximum atomic E-state index is 14.9. The van der Waals surface area contributed by atoms with Gasteiger partial charge < -0.3 is 19.3 Å². The molecule has 0 bridgehead atoms. The van der Waals surface area contributed by atoms with Crippen molar-refractivity contribution in [1.82, 2.24) is 29.1 Å². The fraction of sp³-hybridized carbons (Fsp3) is 0.389. The predicted molar refractivity (Wildman–Crippen MR) is 188 cm³/mol. The number of halogens is 2. The van der Waals surface area contributed by atoms with Gasteiger partial charge in [-0.15, -0.1) is 11.8 Å². The lowest BCUT2D eigenvalue weighted by Crippen LogP contribution is -2.46. The fourth-order valence-corrected chi connectivity index (χ4v) is 7.52. The Hall–Kier alpha value is -4.53. The summed E-state index contributed by atoms with van der Waals surface area (Å²) in [5.41, 5.74) is 3.13. The van der Waals surface area contributed by atoms with Crippen molar-refractivity contribution in [3.63, 3.8) is 0 Å². The largest absolute Gasteiger partial charge is 0.368 e. The standard InChI is InChI=1S/C36H40F2N8O3S/c1-3-27(4-2)46-35(47)45(25-41-46)30-8-6-28(7-9-30)42-15-17-43(18-16-42)29-10-12-32(13-11-29)50-21-31-20-48-36(49-31,22-44-24-39-23-40-44)33-14-5-26(37)19-34(33)38/h5-14,19,23-25,27,31H,3-4,15-18,20-22H2,1-2H3. The maximum Gasteiger partial charge on any atom is 0.350 e. The number of piperazine rings is 1. The van der Waals surface area contributed by atoms with Crippen molar-refractivity contribution in [2.45, 2.75) is 56.1 Å². The summed E-state index contributed by atoms with van der Waals surface area (Å²) in [4.78, 5) is 22.8. The Kier molecular flexibility index (Phi) is 10.0. The minimum absolute atomic E-state index is 0.0797. The molecule has 0 aliphatic carbocycles. The smallest absolute Gasteiger partial charge is 0.350 e. The second-order valence-electron chi connectivity index (χ2n) is 12.5. The van der Waals surface area contributed by atoms with Crippen molar-refractivity contribution >= 4 is 23.1 Å². The number of hydrogen-bond donors (Lipinski definition) is 0. The zero-order chi connectivity index (χ0) is 34.7. The van der Waals surface area contributed by atoms with Crippen molar-refractivity contribution in [2.75, 3.05) is 48.3 Å². The van der Waals surface area contributed by atoms with Crippen LogP contribution < -0.4 is 15.5 Å². The van der Waals surface area contributed by atoms with E-state index in [4.69, 9.17) is 9.47 Å². The molecule has 7 rings (SSSR count). The van der Waals surface area contributed by atoms with Gasteiger partial charge in [0.05, 0.1) is 24.4 Å². The number of hydrogen-bond acceptors (Lipinski definition) is 9. The highest BCUT2D eigenvalue weighted by atomic mass is 32.2. The van der Waals surface area contributed by atoms with Gasteiger partial charge in [0.1, 0.15) is 37.2 Å². The average molecular weight is 703 g/mol. The predicted octanol–water partition coefficient (Wildman–Crippen LogP) is 5.65. The van der Waals surface area contributed by atoms with E-state index in [0.717, 1.165) is 67.0 Å². The van der Waals surface area contributed by atoms with Gasteiger partial charge in [-0.25, -0.2) is 32.5 Å². The molecule has 2 aliphatic rings. The molecular formula is C36H40F2N8O3S. The third-order valence-electron chi connectivity index (χ3n) is 9.43. The molecule has 2 fully saturated rings. The molecule has 4 heterocycles. The van der Waals surface area contributed by atoms with Crippen LogP contribution in [0.2, 0.25) is 0 Å². The van der Waals surface area contributed by atoms with Crippen LogP contribution >= 0.6 is 11.8 Å². The highest BCUT2D eigenvalue weighted by Crippen LogP contribution is 2.39. The normalized spacial score (nSPS) is 19.5. The highest BCUT2D eigenvalue weighted by molar-refractivity contribution is 7.99. The zero-order valence-corrected chi connectivity index (χ0v) is 28.9. The van der Waals surface area contributed by atoms with Crippen LogP contribution in [-0.4, -0.2) is 73.8 Å². The van der Waals surface area contributed by atoms with E-state index in [1.165, 1.54) is 29.5 Å². The van der Waals surface area contributed by atoms with Gasteiger partial charge in [-0.3, -0.25) is 0 Å². The summed E-state index contributed by atoms with van der Waals surface area (Å²) in [5, 5.41) is 8.49. The number of ether oxygens (including phenoxy) is 2. The van der Waals surface area contributed by atoms with Crippen LogP contribution in [0.4, 0.5) is 20.2 Å². The molecule has 0 amide bonds. The summed E-state index contributed by atoms with van der Waals surface area (Å²) in [5.74, 6) is -2.25. The summed E-state index contributed by atoms with van der Waals surface area (Å²) in [6.07, 6.45) is 5.92. The van der Waals surface area contributed by atoms with Gasteiger partial charge in [0.2, 0.25) is 5.79 Å². The first-order valence-corrected chi connectivity index (χ1v) is 17.9. The van der Waals surface area contributed by atoms with E-state index < -0.39 is 17.4 Å². The molecule has 262 valence electrons. The van der Waals surface area contributed by atoms with Crippen molar-refractivity contribution in [2.24, 2.45) is 0 Å². The molecular weight excluding hydrogens is 663 g/mol. The summed E-state index contributed by atoms with van der Waals surface area (Å²) >= 11 is 1.64. The van der Waals surface area contributed by atoms with Crippen LogP contribution in [0.3, 0.4) is 0 Å². The second-order valence-corrected chi connectivity index (χ2v) is 13.6. The van der Waals surface area contributed by atoms with E-state index in [1.54, 1.807) is 27.3 Å². The molecule has 11 nitrogen and oxygen atoms in total. The average Bonchev–Trinajstić information content (AvgIpc) is 3.90. The molecule has 5 aromatic rings. The maximum absolute atomic E-state index is 14.9. The lowest BCUT2D eigenvalue weighted by Gasteiger charge is -2.37. The molecule has 2 atom stereocenters. The van der Waals surface area contributed by atoms with Crippen LogP contribution in [0.15, 0.2) is 95.4 Å². The van der Waals surface area contributed by atoms with Gasteiger partial charge in [0.25, 0.3) is 0 Å². The second kappa shape index (κ2) is 14.8. The van der Waals surface area contributed by atoms with E-state index in [1.807, 2.05) is 12.1 Å². The Morgan fingerprint density at radius 1 is 0.880 bits per heavy atom. The van der Waals surface area contributed by atoms with E-state index in [-0.39, 0.29) is 36.6 Å². The van der Waals surface area contributed by atoms with Crippen LogP contribution in [0.25, 0.3) is 5.69 Å². The topological polar surface area (TPSA) is 95.5 Å². The summed E-state index contributed by atoms with van der Waals surface area (Å²) in [6.45, 7) is 8.02. The van der Waals surface area contributed by atoms with Crippen molar-refractivity contribution in [3.8, 4) is 5.69 Å². The van der Waals surface area contributed by atoms with E-state index in [2.05, 4.69) is 75.2 Å². The minimum Gasteiger partial charge on any atom is -0.368 e. The van der Waals surface area contributed by atoms with E-state index in [9.17, 15) is 13.6 Å². The number of anilines is 2. The monoisotopic (exact) mass is 702 g/mol. The molecule has 2 aromatic heterocycles. The number of aromatic nitrogens is 6. The zero-order valence-electron chi connectivity index (χ0n) is 28.1. The van der Waals surface area contributed by atoms with Crippen molar-refractivity contribution < 1.29 is 18.3 Å². The molecule has 2 aliphatic heterocycles. The summed E-state index contributed by atoms with van der Waals surface area (Å²) in [7, 11) is 0. The minimum atomic E-state index is -1.44. The summed E-state index contributed by atoms with van der Waals surface area (Å²) in [6, 6.07) is 20.1. The Bertz CT molecular complexity index is 1920. The van der Waals surface area contributed by atoms with Crippen LogP contribution in [0.5, 0.6) is 0 Å². The Morgan fingerprint density at radius 2 is 1.54 bits per heavy atom. The molecule has 2 unspecified atom stereocenters.